The summed E-state index contributed by atoms with van der Waals surface area (Å²) in [7, 11) is -2.95. The molecule has 0 bridgehead atoms. The van der Waals surface area contributed by atoms with Crippen molar-refractivity contribution in [2.75, 3.05) is 18.6 Å². The molecule has 1 unspecified atom stereocenters. The lowest BCUT2D eigenvalue weighted by Gasteiger charge is -2.15. The second-order valence-electron chi connectivity index (χ2n) is 3.76. The molecule has 0 aliphatic carbocycles. The van der Waals surface area contributed by atoms with Crippen LogP contribution in [0.15, 0.2) is 12.1 Å². The Kier molecular flexibility index (Phi) is 5.24. The van der Waals surface area contributed by atoms with Crippen LogP contribution in [0.3, 0.4) is 0 Å². The normalized spacial score (nSPS) is 13.9. The van der Waals surface area contributed by atoms with Crippen molar-refractivity contribution in [1.29, 1.82) is 0 Å². The number of hydrogen-bond acceptors (Lipinski definition) is 4. The Labute approximate surface area is 106 Å². The van der Waals surface area contributed by atoms with E-state index in [0.717, 1.165) is 15.8 Å². The molecule has 16 heavy (non-hydrogen) atoms. The molecule has 1 N–H and O–H groups in total. The van der Waals surface area contributed by atoms with Gasteiger partial charge in [0, 0.05) is 17.2 Å². The molecule has 0 radical (unpaired) electrons. The number of rotatable bonds is 6. The highest BCUT2D eigenvalue weighted by Gasteiger charge is 2.15. The third-order valence-electron chi connectivity index (χ3n) is 2.07. The number of likely N-dealkylation sites (N-methyl/N-ethyl adjacent to an activating group) is 1. The zero-order valence-electron chi connectivity index (χ0n) is 9.36. The molecule has 1 heterocycles. The summed E-state index contributed by atoms with van der Waals surface area (Å²) in [4.78, 5) is 1.11. The van der Waals surface area contributed by atoms with E-state index in [9.17, 15) is 8.42 Å². The predicted molar refractivity (Wildman–Crippen MR) is 70.2 cm³/mol. The molecule has 1 atom stereocenters. The molecule has 92 valence electrons. The standard InChI is InChI=1S/C10H16ClNO2S2/c1-3-12-8(7-16(2,13)14)6-9-4-5-10(11)15-9/h4-5,8,12H,3,6-7H2,1-2H3. The average molecular weight is 282 g/mol. The van der Waals surface area contributed by atoms with E-state index < -0.39 is 9.84 Å². The molecule has 6 heteroatoms. The minimum absolute atomic E-state index is 0.0327. The lowest BCUT2D eigenvalue weighted by Crippen LogP contribution is -2.36. The molecule has 1 rings (SSSR count). The molecule has 0 saturated carbocycles. The quantitative estimate of drug-likeness (QED) is 0.867. The van der Waals surface area contributed by atoms with Gasteiger partial charge in [-0.05, 0) is 25.1 Å². The van der Waals surface area contributed by atoms with E-state index in [2.05, 4.69) is 5.32 Å². The Morgan fingerprint density at radius 2 is 2.19 bits per heavy atom. The topological polar surface area (TPSA) is 46.2 Å². The molecule has 0 aromatic carbocycles. The van der Waals surface area contributed by atoms with Gasteiger partial charge in [-0.2, -0.15) is 0 Å². The van der Waals surface area contributed by atoms with Crippen molar-refractivity contribution in [2.24, 2.45) is 0 Å². The van der Waals surface area contributed by atoms with E-state index in [1.54, 1.807) is 0 Å². The fourth-order valence-electron chi connectivity index (χ4n) is 1.55. The van der Waals surface area contributed by atoms with E-state index >= 15 is 0 Å². The average Bonchev–Trinajstić information content (AvgIpc) is 2.48. The van der Waals surface area contributed by atoms with Gasteiger partial charge < -0.3 is 5.32 Å². The summed E-state index contributed by atoms with van der Waals surface area (Å²) in [5, 5.41) is 3.18. The van der Waals surface area contributed by atoms with Gasteiger partial charge in [-0.1, -0.05) is 18.5 Å². The van der Waals surface area contributed by atoms with Crippen molar-refractivity contribution in [3.8, 4) is 0 Å². The van der Waals surface area contributed by atoms with Crippen molar-refractivity contribution in [3.05, 3.63) is 21.3 Å². The number of sulfone groups is 1. The van der Waals surface area contributed by atoms with E-state index in [-0.39, 0.29) is 11.8 Å². The Bertz CT molecular complexity index is 428. The lowest BCUT2D eigenvalue weighted by atomic mass is 10.2. The summed E-state index contributed by atoms with van der Waals surface area (Å²) in [5.41, 5.74) is 0. The van der Waals surface area contributed by atoms with Crippen LogP contribution in [-0.4, -0.2) is 33.0 Å². The van der Waals surface area contributed by atoms with Crippen LogP contribution in [0.4, 0.5) is 0 Å². The first-order chi connectivity index (χ1) is 7.40. The smallest absolute Gasteiger partial charge is 0.148 e. The molecule has 0 aliphatic rings. The Morgan fingerprint density at radius 3 is 2.62 bits per heavy atom. The highest BCUT2D eigenvalue weighted by molar-refractivity contribution is 7.90. The van der Waals surface area contributed by atoms with Crippen LogP contribution < -0.4 is 5.32 Å². The fourth-order valence-corrected chi connectivity index (χ4v) is 3.68. The number of nitrogens with one attached hydrogen (secondary N) is 1. The maximum absolute atomic E-state index is 11.2. The largest absolute Gasteiger partial charge is 0.313 e. The maximum Gasteiger partial charge on any atom is 0.148 e. The third kappa shape index (κ3) is 5.30. The lowest BCUT2D eigenvalue weighted by molar-refractivity contribution is 0.547. The molecule has 0 saturated heterocycles. The molecule has 0 amide bonds. The van der Waals surface area contributed by atoms with Gasteiger partial charge in [0.15, 0.2) is 0 Å². The molecule has 1 aromatic heterocycles. The van der Waals surface area contributed by atoms with Crippen molar-refractivity contribution >= 4 is 32.8 Å². The number of hydrogen-bond donors (Lipinski definition) is 1. The van der Waals surface area contributed by atoms with E-state index in [4.69, 9.17) is 11.6 Å². The molecule has 0 spiro atoms. The van der Waals surface area contributed by atoms with Gasteiger partial charge in [0.05, 0.1) is 10.1 Å². The molecule has 3 nitrogen and oxygen atoms in total. The van der Waals surface area contributed by atoms with Gasteiger partial charge in [0.2, 0.25) is 0 Å². The fraction of sp³-hybridized carbons (Fsp3) is 0.600. The monoisotopic (exact) mass is 281 g/mol. The Balaban J connectivity index is 2.64. The Hall–Kier alpha value is -0.100. The van der Waals surface area contributed by atoms with E-state index in [0.29, 0.717) is 6.42 Å². The number of thiophene rings is 1. The SMILES string of the molecule is CCNC(Cc1ccc(Cl)s1)CS(C)(=O)=O. The summed E-state index contributed by atoms with van der Waals surface area (Å²) in [6.45, 7) is 2.73. The number of halogens is 1. The minimum Gasteiger partial charge on any atom is -0.313 e. The Morgan fingerprint density at radius 1 is 1.50 bits per heavy atom. The van der Waals surface area contributed by atoms with Crippen molar-refractivity contribution in [3.63, 3.8) is 0 Å². The van der Waals surface area contributed by atoms with Gasteiger partial charge >= 0.3 is 0 Å². The first-order valence-electron chi connectivity index (χ1n) is 5.06. The van der Waals surface area contributed by atoms with Crippen molar-refractivity contribution in [2.45, 2.75) is 19.4 Å². The van der Waals surface area contributed by atoms with Gasteiger partial charge in [0.25, 0.3) is 0 Å². The minimum atomic E-state index is -2.95. The van der Waals surface area contributed by atoms with Crippen LogP contribution in [-0.2, 0) is 16.3 Å². The third-order valence-corrected chi connectivity index (χ3v) is 4.33. The maximum atomic E-state index is 11.2. The van der Waals surface area contributed by atoms with Crippen LogP contribution in [0.5, 0.6) is 0 Å². The van der Waals surface area contributed by atoms with Crippen molar-refractivity contribution in [1.82, 2.24) is 5.32 Å². The van der Waals surface area contributed by atoms with Gasteiger partial charge in [0.1, 0.15) is 9.84 Å². The van der Waals surface area contributed by atoms with Crippen molar-refractivity contribution < 1.29 is 8.42 Å². The van der Waals surface area contributed by atoms with E-state index in [1.165, 1.54) is 17.6 Å². The van der Waals surface area contributed by atoms with Gasteiger partial charge in [-0.3, -0.25) is 0 Å². The van der Waals surface area contributed by atoms with Gasteiger partial charge in [-0.25, -0.2) is 8.42 Å². The van der Waals surface area contributed by atoms with Crippen LogP contribution in [0.25, 0.3) is 0 Å². The van der Waals surface area contributed by atoms with Gasteiger partial charge in [-0.15, -0.1) is 11.3 Å². The van der Waals surface area contributed by atoms with Crippen LogP contribution in [0.1, 0.15) is 11.8 Å². The van der Waals surface area contributed by atoms with Crippen LogP contribution in [0, 0.1) is 0 Å². The summed E-state index contributed by atoms with van der Waals surface area (Å²) < 4.78 is 23.2. The van der Waals surface area contributed by atoms with E-state index in [1.807, 2.05) is 19.1 Å². The molecule has 0 fully saturated rings. The second kappa shape index (κ2) is 6.00. The summed E-state index contributed by atoms with van der Waals surface area (Å²) in [6, 6.07) is 3.75. The summed E-state index contributed by atoms with van der Waals surface area (Å²) >= 11 is 7.33. The van der Waals surface area contributed by atoms with Crippen LogP contribution in [0.2, 0.25) is 4.34 Å². The summed E-state index contributed by atoms with van der Waals surface area (Å²) in [6.07, 6.45) is 1.97. The zero-order chi connectivity index (χ0) is 12.2. The highest BCUT2D eigenvalue weighted by atomic mass is 35.5. The predicted octanol–water partition coefficient (Wildman–Crippen LogP) is 1.97. The zero-order valence-corrected chi connectivity index (χ0v) is 11.8. The molecular formula is C10H16ClNO2S2. The molecule has 0 aliphatic heterocycles. The second-order valence-corrected chi connectivity index (χ2v) is 7.74. The first kappa shape index (κ1) is 14.0. The summed E-state index contributed by atoms with van der Waals surface area (Å²) in [5.74, 6) is 0.163. The first-order valence-corrected chi connectivity index (χ1v) is 8.31. The molecular weight excluding hydrogens is 266 g/mol. The van der Waals surface area contributed by atoms with Crippen LogP contribution >= 0.6 is 22.9 Å². The molecule has 1 aromatic rings. The highest BCUT2D eigenvalue weighted by Crippen LogP contribution is 2.22.